The molecule has 0 saturated carbocycles. The van der Waals surface area contributed by atoms with Crippen molar-refractivity contribution in [3.8, 4) is 6.07 Å². The van der Waals surface area contributed by atoms with Crippen molar-refractivity contribution >= 4 is 0 Å². The van der Waals surface area contributed by atoms with Gasteiger partial charge in [0.1, 0.15) is 0 Å². The molecule has 0 spiro atoms. The summed E-state index contributed by atoms with van der Waals surface area (Å²) in [6.45, 7) is 7.37. The first kappa shape index (κ1) is 14.7. The molecule has 98 valence electrons. The molecule has 0 aliphatic heterocycles. The Morgan fingerprint density at radius 2 is 2.00 bits per heavy atom. The summed E-state index contributed by atoms with van der Waals surface area (Å²) in [7, 11) is 2.16. The molecule has 0 aliphatic carbocycles. The molecule has 1 unspecified atom stereocenters. The highest BCUT2D eigenvalue weighted by atomic mass is 15.1. The highest BCUT2D eigenvalue weighted by Gasteiger charge is 2.05. The van der Waals surface area contributed by atoms with Gasteiger partial charge >= 0.3 is 0 Å². The topological polar surface area (TPSA) is 39.1 Å². The van der Waals surface area contributed by atoms with Crippen molar-refractivity contribution in [2.75, 3.05) is 20.1 Å². The molecule has 1 aromatic rings. The Morgan fingerprint density at radius 1 is 1.33 bits per heavy atom. The Labute approximate surface area is 110 Å². The van der Waals surface area contributed by atoms with Gasteiger partial charge < -0.3 is 10.2 Å². The third-order valence-corrected chi connectivity index (χ3v) is 3.40. The summed E-state index contributed by atoms with van der Waals surface area (Å²) in [4.78, 5) is 2.37. The second-order valence-electron chi connectivity index (χ2n) is 4.72. The van der Waals surface area contributed by atoms with Crippen molar-refractivity contribution in [2.45, 2.75) is 32.9 Å². The van der Waals surface area contributed by atoms with Crippen LogP contribution in [0.5, 0.6) is 0 Å². The normalized spacial score (nSPS) is 12.4. The fourth-order valence-electron chi connectivity index (χ4n) is 1.72. The van der Waals surface area contributed by atoms with Crippen molar-refractivity contribution in [1.29, 1.82) is 5.26 Å². The van der Waals surface area contributed by atoms with Gasteiger partial charge in [0.25, 0.3) is 0 Å². The van der Waals surface area contributed by atoms with Crippen LogP contribution < -0.4 is 5.32 Å². The van der Waals surface area contributed by atoms with Gasteiger partial charge in [0.15, 0.2) is 0 Å². The quantitative estimate of drug-likeness (QED) is 0.750. The number of nitrogens with zero attached hydrogens (tertiary/aromatic N) is 2. The van der Waals surface area contributed by atoms with E-state index in [4.69, 9.17) is 5.26 Å². The molecule has 3 heteroatoms. The van der Waals surface area contributed by atoms with E-state index < -0.39 is 0 Å². The van der Waals surface area contributed by atoms with Crippen LogP contribution in [0.15, 0.2) is 24.3 Å². The van der Waals surface area contributed by atoms with Crippen LogP contribution in [-0.2, 0) is 6.54 Å². The molecule has 0 heterocycles. The van der Waals surface area contributed by atoms with E-state index in [9.17, 15) is 0 Å². The van der Waals surface area contributed by atoms with Gasteiger partial charge in [-0.2, -0.15) is 5.26 Å². The third-order valence-electron chi connectivity index (χ3n) is 3.40. The van der Waals surface area contributed by atoms with Gasteiger partial charge in [0, 0.05) is 25.7 Å². The largest absolute Gasteiger partial charge is 0.311 e. The maximum absolute atomic E-state index is 8.71. The molecule has 0 fully saturated rings. The lowest BCUT2D eigenvalue weighted by molar-refractivity contribution is 0.252. The standard InChI is InChI=1S/C15H23N3/c1-4-13(2)18(3)10-9-17-12-15-7-5-14(11-16)6-8-15/h5-8,13,17H,4,9-10,12H2,1-3H3. The van der Waals surface area contributed by atoms with Crippen LogP contribution in [0, 0.1) is 11.3 Å². The van der Waals surface area contributed by atoms with Gasteiger partial charge in [-0.3, -0.25) is 0 Å². The fourth-order valence-corrected chi connectivity index (χ4v) is 1.72. The molecule has 1 N–H and O–H groups in total. The zero-order valence-corrected chi connectivity index (χ0v) is 11.6. The van der Waals surface area contributed by atoms with E-state index in [-0.39, 0.29) is 0 Å². The lowest BCUT2D eigenvalue weighted by atomic mass is 10.1. The summed E-state index contributed by atoms with van der Waals surface area (Å²) in [5.74, 6) is 0. The Morgan fingerprint density at radius 3 is 2.56 bits per heavy atom. The number of hydrogen-bond donors (Lipinski definition) is 1. The van der Waals surface area contributed by atoms with Gasteiger partial charge in [-0.05, 0) is 38.1 Å². The molecule has 18 heavy (non-hydrogen) atoms. The number of hydrogen-bond acceptors (Lipinski definition) is 3. The van der Waals surface area contributed by atoms with Crippen LogP contribution in [0.3, 0.4) is 0 Å². The van der Waals surface area contributed by atoms with Crippen molar-refractivity contribution in [2.24, 2.45) is 0 Å². The molecular formula is C15H23N3. The van der Waals surface area contributed by atoms with E-state index in [1.807, 2.05) is 24.3 Å². The summed E-state index contributed by atoms with van der Waals surface area (Å²) >= 11 is 0. The smallest absolute Gasteiger partial charge is 0.0991 e. The van der Waals surface area contributed by atoms with Gasteiger partial charge in [-0.15, -0.1) is 0 Å². The monoisotopic (exact) mass is 245 g/mol. The highest BCUT2D eigenvalue weighted by molar-refractivity contribution is 5.31. The first-order valence-electron chi connectivity index (χ1n) is 6.57. The van der Waals surface area contributed by atoms with Gasteiger partial charge in [0.05, 0.1) is 11.6 Å². The molecule has 1 aromatic carbocycles. The maximum atomic E-state index is 8.71. The average Bonchev–Trinajstić information content (AvgIpc) is 2.43. The summed E-state index contributed by atoms with van der Waals surface area (Å²) in [6.07, 6.45) is 1.19. The van der Waals surface area contributed by atoms with Gasteiger partial charge in [-0.25, -0.2) is 0 Å². The molecule has 3 nitrogen and oxygen atoms in total. The summed E-state index contributed by atoms with van der Waals surface area (Å²) < 4.78 is 0. The van der Waals surface area contributed by atoms with E-state index in [0.29, 0.717) is 6.04 Å². The van der Waals surface area contributed by atoms with Crippen molar-refractivity contribution in [1.82, 2.24) is 10.2 Å². The van der Waals surface area contributed by atoms with Crippen molar-refractivity contribution in [3.05, 3.63) is 35.4 Å². The second kappa shape index (κ2) is 7.86. The van der Waals surface area contributed by atoms with E-state index in [1.54, 1.807) is 0 Å². The Bertz CT molecular complexity index is 378. The molecule has 0 aromatic heterocycles. The highest BCUT2D eigenvalue weighted by Crippen LogP contribution is 2.03. The molecule has 1 atom stereocenters. The lowest BCUT2D eigenvalue weighted by Crippen LogP contribution is -2.34. The number of rotatable bonds is 7. The summed E-state index contributed by atoms with van der Waals surface area (Å²) in [6, 6.07) is 10.5. The average molecular weight is 245 g/mol. The molecule has 0 amide bonds. The molecule has 0 bridgehead atoms. The predicted molar refractivity (Wildman–Crippen MR) is 75.2 cm³/mol. The molecule has 0 saturated heterocycles. The van der Waals surface area contributed by atoms with Crippen LogP contribution >= 0.6 is 0 Å². The van der Waals surface area contributed by atoms with Crippen LogP contribution in [0.25, 0.3) is 0 Å². The Hall–Kier alpha value is -1.37. The summed E-state index contributed by atoms with van der Waals surface area (Å²) in [5, 5.41) is 12.1. The first-order valence-corrected chi connectivity index (χ1v) is 6.57. The van der Waals surface area contributed by atoms with E-state index in [2.05, 4.69) is 37.2 Å². The molecule has 0 aliphatic rings. The Kier molecular flexibility index (Phi) is 6.42. The van der Waals surface area contributed by atoms with Gasteiger partial charge in [-0.1, -0.05) is 19.1 Å². The number of benzene rings is 1. The first-order chi connectivity index (χ1) is 8.67. The summed E-state index contributed by atoms with van der Waals surface area (Å²) in [5.41, 5.74) is 1.94. The fraction of sp³-hybridized carbons (Fsp3) is 0.533. The minimum atomic E-state index is 0.640. The minimum Gasteiger partial charge on any atom is -0.311 e. The van der Waals surface area contributed by atoms with Crippen LogP contribution in [-0.4, -0.2) is 31.1 Å². The van der Waals surface area contributed by atoms with Crippen molar-refractivity contribution in [3.63, 3.8) is 0 Å². The number of likely N-dealkylation sites (N-methyl/N-ethyl adjacent to an activating group) is 1. The third kappa shape index (κ3) is 4.87. The lowest BCUT2D eigenvalue weighted by Gasteiger charge is -2.23. The zero-order chi connectivity index (χ0) is 13.4. The van der Waals surface area contributed by atoms with E-state index in [1.165, 1.54) is 12.0 Å². The Balaban J connectivity index is 2.23. The van der Waals surface area contributed by atoms with E-state index in [0.717, 1.165) is 25.2 Å². The number of nitriles is 1. The van der Waals surface area contributed by atoms with Crippen LogP contribution in [0.1, 0.15) is 31.4 Å². The van der Waals surface area contributed by atoms with Gasteiger partial charge in [0.2, 0.25) is 0 Å². The predicted octanol–water partition coefficient (Wildman–Crippen LogP) is 2.38. The van der Waals surface area contributed by atoms with Crippen molar-refractivity contribution < 1.29 is 0 Å². The second-order valence-corrected chi connectivity index (χ2v) is 4.72. The molecule has 0 radical (unpaired) electrons. The molecule has 1 rings (SSSR count). The van der Waals surface area contributed by atoms with Crippen LogP contribution in [0.4, 0.5) is 0 Å². The van der Waals surface area contributed by atoms with Crippen LogP contribution in [0.2, 0.25) is 0 Å². The zero-order valence-electron chi connectivity index (χ0n) is 11.6. The maximum Gasteiger partial charge on any atom is 0.0991 e. The SMILES string of the molecule is CCC(C)N(C)CCNCc1ccc(C#N)cc1. The minimum absolute atomic E-state index is 0.640. The number of nitrogens with one attached hydrogen (secondary N) is 1. The molecular weight excluding hydrogens is 222 g/mol. The van der Waals surface area contributed by atoms with E-state index >= 15 is 0 Å².